The molecule has 0 aromatic heterocycles. The van der Waals surface area contributed by atoms with Crippen molar-refractivity contribution in [3.05, 3.63) is 35.9 Å². The summed E-state index contributed by atoms with van der Waals surface area (Å²) in [6, 6.07) is 9.65. The van der Waals surface area contributed by atoms with Crippen LogP contribution < -0.4 is 0 Å². The van der Waals surface area contributed by atoms with Crippen LogP contribution in [-0.4, -0.2) is 17.7 Å². The minimum absolute atomic E-state index is 0.111. The minimum atomic E-state index is -0.174. The highest BCUT2D eigenvalue weighted by molar-refractivity contribution is 5.69. The second kappa shape index (κ2) is 7.17. The van der Waals surface area contributed by atoms with Crippen molar-refractivity contribution in [1.82, 2.24) is 0 Å². The Morgan fingerprint density at radius 3 is 2.56 bits per heavy atom. The molecular weight excluding hydrogens is 228 g/mol. The van der Waals surface area contributed by atoms with Gasteiger partial charge in [0.1, 0.15) is 6.61 Å². The van der Waals surface area contributed by atoms with Crippen molar-refractivity contribution in [2.24, 2.45) is 5.41 Å². The van der Waals surface area contributed by atoms with E-state index in [1.54, 1.807) is 0 Å². The summed E-state index contributed by atoms with van der Waals surface area (Å²) in [5.74, 6) is -0.174. The Morgan fingerprint density at radius 2 is 1.94 bits per heavy atom. The van der Waals surface area contributed by atoms with E-state index < -0.39 is 0 Å². The van der Waals surface area contributed by atoms with E-state index in [0.717, 1.165) is 18.4 Å². The van der Waals surface area contributed by atoms with Gasteiger partial charge in [-0.25, -0.2) is 0 Å². The maximum absolute atomic E-state index is 11.5. The predicted octanol–water partition coefficient (Wildman–Crippen LogP) is 2.92. The van der Waals surface area contributed by atoms with E-state index in [9.17, 15) is 4.79 Å². The summed E-state index contributed by atoms with van der Waals surface area (Å²) >= 11 is 0. The molecule has 18 heavy (non-hydrogen) atoms. The molecular formula is C15H22O3. The highest BCUT2D eigenvalue weighted by atomic mass is 16.5. The lowest BCUT2D eigenvalue weighted by Crippen LogP contribution is -2.17. The Labute approximate surface area is 109 Å². The number of carbonyl (C=O) groups is 1. The molecule has 0 aliphatic heterocycles. The van der Waals surface area contributed by atoms with Crippen LogP contribution in [0, 0.1) is 5.41 Å². The summed E-state index contributed by atoms with van der Waals surface area (Å²) in [4.78, 5) is 11.5. The third-order valence-electron chi connectivity index (χ3n) is 2.91. The molecule has 1 aromatic rings. The molecule has 0 fully saturated rings. The quantitative estimate of drug-likeness (QED) is 0.757. The SMILES string of the molecule is CC(C)(CO)CCCC(=O)OCc1ccccc1. The van der Waals surface area contributed by atoms with Gasteiger partial charge in [0.2, 0.25) is 0 Å². The second-order valence-corrected chi connectivity index (χ2v) is 5.32. The van der Waals surface area contributed by atoms with Crippen LogP contribution in [0.2, 0.25) is 0 Å². The maximum atomic E-state index is 11.5. The van der Waals surface area contributed by atoms with Gasteiger partial charge in [-0.1, -0.05) is 44.2 Å². The van der Waals surface area contributed by atoms with Gasteiger partial charge in [0, 0.05) is 13.0 Å². The third kappa shape index (κ3) is 5.82. The van der Waals surface area contributed by atoms with Gasteiger partial charge in [-0.15, -0.1) is 0 Å². The number of rotatable bonds is 7. The average molecular weight is 250 g/mol. The van der Waals surface area contributed by atoms with Crippen LogP contribution in [0.1, 0.15) is 38.7 Å². The molecule has 0 unspecified atom stereocenters. The van der Waals surface area contributed by atoms with Crippen molar-refractivity contribution < 1.29 is 14.6 Å². The van der Waals surface area contributed by atoms with Crippen LogP contribution in [-0.2, 0) is 16.1 Å². The van der Waals surface area contributed by atoms with Gasteiger partial charge in [0.25, 0.3) is 0 Å². The van der Waals surface area contributed by atoms with Crippen molar-refractivity contribution in [2.75, 3.05) is 6.61 Å². The van der Waals surface area contributed by atoms with E-state index in [-0.39, 0.29) is 18.0 Å². The van der Waals surface area contributed by atoms with Gasteiger partial charge < -0.3 is 9.84 Å². The summed E-state index contributed by atoms with van der Waals surface area (Å²) in [5.41, 5.74) is 0.890. The van der Waals surface area contributed by atoms with Crippen molar-refractivity contribution in [3.8, 4) is 0 Å². The van der Waals surface area contributed by atoms with E-state index in [0.29, 0.717) is 13.0 Å². The fraction of sp³-hybridized carbons (Fsp3) is 0.533. The van der Waals surface area contributed by atoms with Crippen LogP contribution in [0.4, 0.5) is 0 Å². The topological polar surface area (TPSA) is 46.5 Å². The smallest absolute Gasteiger partial charge is 0.306 e. The fourth-order valence-corrected chi connectivity index (χ4v) is 1.60. The van der Waals surface area contributed by atoms with E-state index in [2.05, 4.69) is 0 Å². The number of ether oxygens (including phenoxy) is 1. The Bertz CT molecular complexity index is 357. The molecule has 0 saturated heterocycles. The molecule has 0 amide bonds. The van der Waals surface area contributed by atoms with Crippen molar-refractivity contribution >= 4 is 5.97 Å². The van der Waals surface area contributed by atoms with Gasteiger partial charge >= 0.3 is 5.97 Å². The minimum Gasteiger partial charge on any atom is -0.461 e. The monoisotopic (exact) mass is 250 g/mol. The summed E-state index contributed by atoms with van der Waals surface area (Å²) in [5, 5.41) is 9.10. The van der Waals surface area contributed by atoms with E-state index >= 15 is 0 Å². The summed E-state index contributed by atoms with van der Waals surface area (Å²) < 4.78 is 5.18. The second-order valence-electron chi connectivity index (χ2n) is 5.32. The number of benzene rings is 1. The lowest BCUT2D eigenvalue weighted by molar-refractivity contribution is -0.145. The van der Waals surface area contributed by atoms with Gasteiger partial charge in [-0.3, -0.25) is 4.79 Å². The molecule has 0 atom stereocenters. The molecule has 0 aliphatic rings. The molecule has 1 aromatic carbocycles. The molecule has 1 N–H and O–H groups in total. The van der Waals surface area contributed by atoms with E-state index in [1.165, 1.54) is 0 Å². The van der Waals surface area contributed by atoms with E-state index in [1.807, 2.05) is 44.2 Å². The predicted molar refractivity (Wildman–Crippen MR) is 71.0 cm³/mol. The van der Waals surface area contributed by atoms with Crippen molar-refractivity contribution in [1.29, 1.82) is 0 Å². The van der Waals surface area contributed by atoms with Gasteiger partial charge in [-0.05, 0) is 23.8 Å². The zero-order valence-electron chi connectivity index (χ0n) is 11.2. The molecule has 0 saturated carbocycles. The molecule has 1 rings (SSSR count). The van der Waals surface area contributed by atoms with Gasteiger partial charge in [-0.2, -0.15) is 0 Å². The molecule has 0 bridgehead atoms. The molecule has 100 valence electrons. The van der Waals surface area contributed by atoms with Crippen LogP contribution in [0.25, 0.3) is 0 Å². The molecule has 3 heteroatoms. The van der Waals surface area contributed by atoms with Crippen LogP contribution in [0.15, 0.2) is 30.3 Å². The number of hydrogen-bond acceptors (Lipinski definition) is 3. The summed E-state index contributed by atoms with van der Waals surface area (Å²) in [6.07, 6.45) is 1.99. The highest BCUT2D eigenvalue weighted by Crippen LogP contribution is 2.22. The lowest BCUT2D eigenvalue weighted by atomic mass is 9.88. The first-order valence-electron chi connectivity index (χ1n) is 6.34. The Hall–Kier alpha value is -1.35. The summed E-state index contributed by atoms with van der Waals surface area (Å²) in [7, 11) is 0. The Kier molecular flexibility index (Phi) is 5.86. The average Bonchev–Trinajstić information content (AvgIpc) is 2.37. The molecule has 0 spiro atoms. The van der Waals surface area contributed by atoms with E-state index in [4.69, 9.17) is 9.84 Å². The molecule has 3 nitrogen and oxygen atoms in total. The third-order valence-corrected chi connectivity index (χ3v) is 2.91. The first-order valence-corrected chi connectivity index (χ1v) is 6.34. The van der Waals surface area contributed by atoms with Crippen molar-refractivity contribution in [3.63, 3.8) is 0 Å². The standard InChI is InChI=1S/C15H22O3/c1-15(2,12-16)10-6-9-14(17)18-11-13-7-4-3-5-8-13/h3-5,7-8,16H,6,9-12H2,1-2H3. The first-order chi connectivity index (χ1) is 8.53. The lowest BCUT2D eigenvalue weighted by Gasteiger charge is -2.20. The number of aliphatic hydroxyl groups excluding tert-OH is 1. The van der Waals surface area contributed by atoms with Crippen LogP contribution >= 0.6 is 0 Å². The maximum Gasteiger partial charge on any atom is 0.306 e. The largest absolute Gasteiger partial charge is 0.461 e. The number of aliphatic hydroxyl groups is 1. The Balaban J connectivity index is 2.19. The van der Waals surface area contributed by atoms with Crippen LogP contribution in [0.3, 0.4) is 0 Å². The number of carbonyl (C=O) groups excluding carboxylic acids is 1. The zero-order chi connectivity index (χ0) is 13.4. The van der Waals surface area contributed by atoms with Crippen LogP contribution in [0.5, 0.6) is 0 Å². The Morgan fingerprint density at radius 1 is 1.28 bits per heavy atom. The van der Waals surface area contributed by atoms with Gasteiger partial charge in [0.05, 0.1) is 0 Å². The molecule has 0 heterocycles. The number of hydrogen-bond donors (Lipinski definition) is 1. The van der Waals surface area contributed by atoms with Gasteiger partial charge in [0.15, 0.2) is 0 Å². The summed E-state index contributed by atoms with van der Waals surface area (Å²) in [6.45, 7) is 4.46. The number of esters is 1. The van der Waals surface area contributed by atoms with Crippen molar-refractivity contribution in [2.45, 2.75) is 39.7 Å². The molecule has 0 aliphatic carbocycles. The first kappa shape index (κ1) is 14.7. The normalized spacial score (nSPS) is 11.3. The molecule has 0 radical (unpaired) electrons. The zero-order valence-corrected chi connectivity index (χ0v) is 11.2. The fourth-order valence-electron chi connectivity index (χ4n) is 1.60. The highest BCUT2D eigenvalue weighted by Gasteiger charge is 2.16.